The Hall–Kier alpha value is -0.830. The summed E-state index contributed by atoms with van der Waals surface area (Å²) in [5.74, 6) is 3.08. The molecule has 2 heterocycles. The van der Waals surface area contributed by atoms with Crippen LogP contribution in [0.1, 0.15) is 64.1 Å². The number of hydrogen-bond donors (Lipinski definition) is 0. The zero-order chi connectivity index (χ0) is 14.1. The molecule has 0 spiro atoms. The highest BCUT2D eigenvalue weighted by molar-refractivity contribution is 6.29. The monoisotopic (exact) mass is 293 g/mol. The van der Waals surface area contributed by atoms with Crippen molar-refractivity contribution in [2.75, 3.05) is 11.4 Å². The van der Waals surface area contributed by atoms with Gasteiger partial charge in [0, 0.05) is 24.6 Å². The van der Waals surface area contributed by atoms with E-state index in [-0.39, 0.29) is 0 Å². The van der Waals surface area contributed by atoms with Crippen molar-refractivity contribution in [3.05, 3.63) is 17.0 Å². The first-order valence-electron chi connectivity index (χ1n) is 7.96. The summed E-state index contributed by atoms with van der Waals surface area (Å²) in [5.41, 5.74) is 0. The lowest BCUT2D eigenvalue weighted by Crippen LogP contribution is -2.35. The molecule has 0 aromatic carbocycles. The largest absolute Gasteiger partial charge is 0.353 e. The molecule has 0 bridgehead atoms. The quantitative estimate of drug-likeness (QED) is 0.773. The molecular weight excluding hydrogens is 270 g/mol. The van der Waals surface area contributed by atoms with Gasteiger partial charge < -0.3 is 4.90 Å². The summed E-state index contributed by atoms with van der Waals surface area (Å²) in [6.45, 7) is 5.35. The molecule has 2 aliphatic rings. The predicted octanol–water partition coefficient (Wildman–Crippen LogP) is 4.41. The summed E-state index contributed by atoms with van der Waals surface area (Å²) < 4.78 is 0. The SMILES string of the molecule is CC(C)c1nc(Cl)cc(N2CCCC2C2CCCC2)n1. The van der Waals surface area contributed by atoms with Gasteiger partial charge in [0.2, 0.25) is 0 Å². The third-order valence-corrected chi connectivity index (χ3v) is 4.95. The lowest BCUT2D eigenvalue weighted by Gasteiger charge is -2.30. The number of hydrogen-bond acceptors (Lipinski definition) is 3. The fourth-order valence-electron chi connectivity index (χ4n) is 3.74. The Morgan fingerprint density at radius 1 is 1.15 bits per heavy atom. The molecule has 1 unspecified atom stereocenters. The van der Waals surface area contributed by atoms with Gasteiger partial charge >= 0.3 is 0 Å². The van der Waals surface area contributed by atoms with Gasteiger partial charge in [-0.05, 0) is 31.6 Å². The van der Waals surface area contributed by atoms with E-state index in [1.165, 1.54) is 38.5 Å². The molecule has 20 heavy (non-hydrogen) atoms. The van der Waals surface area contributed by atoms with Gasteiger partial charge in [-0.25, -0.2) is 9.97 Å². The number of rotatable bonds is 3. The van der Waals surface area contributed by atoms with Crippen LogP contribution >= 0.6 is 11.6 Å². The number of aromatic nitrogens is 2. The van der Waals surface area contributed by atoms with Gasteiger partial charge in [0.25, 0.3) is 0 Å². The van der Waals surface area contributed by atoms with Crippen LogP contribution < -0.4 is 4.90 Å². The summed E-state index contributed by atoms with van der Waals surface area (Å²) in [6, 6.07) is 2.62. The van der Waals surface area contributed by atoms with Crippen LogP contribution in [0.2, 0.25) is 5.15 Å². The molecule has 110 valence electrons. The number of anilines is 1. The highest BCUT2D eigenvalue weighted by atomic mass is 35.5. The minimum atomic E-state index is 0.319. The van der Waals surface area contributed by atoms with Crippen LogP contribution in [0.3, 0.4) is 0 Å². The molecule has 1 aliphatic carbocycles. The molecule has 1 aromatic rings. The molecule has 3 rings (SSSR count). The fourth-order valence-corrected chi connectivity index (χ4v) is 3.92. The third kappa shape index (κ3) is 2.78. The van der Waals surface area contributed by atoms with Crippen LogP contribution in [0.25, 0.3) is 0 Å². The lowest BCUT2D eigenvalue weighted by atomic mass is 9.96. The van der Waals surface area contributed by atoms with Gasteiger partial charge in [0.05, 0.1) is 0 Å². The van der Waals surface area contributed by atoms with Gasteiger partial charge in [-0.15, -0.1) is 0 Å². The smallest absolute Gasteiger partial charge is 0.135 e. The van der Waals surface area contributed by atoms with Gasteiger partial charge in [-0.1, -0.05) is 38.3 Å². The second kappa shape index (κ2) is 5.88. The molecule has 0 radical (unpaired) electrons. The standard InChI is InChI=1S/C16H24ClN3/c1-11(2)16-18-14(17)10-15(19-16)20-9-5-8-13(20)12-6-3-4-7-12/h10-13H,3-9H2,1-2H3. The van der Waals surface area contributed by atoms with Crippen molar-refractivity contribution in [2.24, 2.45) is 5.92 Å². The second-order valence-corrected chi connectivity index (χ2v) is 6.90. The van der Waals surface area contributed by atoms with Crippen molar-refractivity contribution >= 4 is 17.4 Å². The van der Waals surface area contributed by atoms with Crippen LogP contribution in [0, 0.1) is 5.92 Å². The summed E-state index contributed by atoms with van der Waals surface area (Å²) in [7, 11) is 0. The minimum absolute atomic E-state index is 0.319. The van der Waals surface area contributed by atoms with E-state index in [4.69, 9.17) is 16.6 Å². The summed E-state index contributed by atoms with van der Waals surface area (Å²) in [4.78, 5) is 11.6. The molecule has 1 saturated heterocycles. The van der Waals surface area contributed by atoms with Crippen molar-refractivity contribution in [2.45, 2.75) is 64.3 Å². The Labute approximate surface area is 126 Å². The Kier molecular flexibility index (Phi) is 4.16. The van der Waals surface area contributed by atoms with E-state index in [2.05, 4.69) is 23.7 Å². The molecule has 2 fully saturated rings. The first-order valence-corrected chi connectivity index (χ1v) is 8.34. The molecular formula is C16H24ClN3. The van der Waals surface area contributed by atoms with Crippen LogP contribution in [0.15, 0.2) is 6.07 Å². The van der Waals surface area contributed by atoms with Gasteiger partial charge in [0.1, 0.15) is 16.8 Å². The Balaban J connectivity index is 1.87. The Bertz CT molecular complexity index is 469. The first-order chi connectivity index (χ1) is 9.65. The molecule has 1 aliphatic heterocycles. The van der Waals surface area contributed by atoms with Gasteiger partial charge in [0.15, 0.2) is 0 Å². The molecule has 0 N–H and O–H groups in total. The van der Waals surface area contributed by atoms with Gasteiger partial charge in [-0.2, -0.15) is 0 Å². The summed E-state index contributed by atoms with van der Waals surface area (Å²) >= 11 is 6.20. The highest BCUT2D eigenvalue weighted by Crippen LogP contribution is 2.37. The Morgan fingerprint density at radius 3 is 2.60 bits per heavy atom. The van der Waals surface area contributed by atoms with E-state index in [9.17, 15) is 0 Å². The zero-order valence-electron chi connectivity index (χ0n) is 12.5. The average Bonchev–Trinajstić information content (AvgIpc) is 3.08. The number of nitrogens with zero attached hydrogens (tertiary/aromatic N) is 3. The second-order valence-electron chi connectivity index (χ2n) is 6.51. The van der Waals surface area contributed by atoms with Crippen molar-refractivity contribution in [1.82, 2.24) is 9.97 Å². The van der Waals surface area contributed by atoms with Crippen LogP contribution in [-0.4, -0.2) is 22.6 Å². The molecule has 3 nitrogen and oxygen atoms in total. The topological polar surface area (TPSA) is 29.0 Å². The van der Waals surface area contributed by atoms with E-state index in [0.29, 0.717) is 17.1 Å². The van der Waals surface area contributed by atoms with Crippen molar-refractivity contribution < 1.29 is 0 Å². The molecule has 1 atom stereocenters. The van der Waals surface area contributed by atoms with Crippen molar-refractivity contribution in [3.63, 3.8) is 0 Å². The normalized spacial score (nSPS) is 24.0. The van der Waals surface area contributed by atoms with E-state index < -0.39 is 0 Å². The summed E-state index contributed by atoms with van der Waals surface area (Å²) in [6.07, 6.45) is 8.16. The fraction of sp³-hybridized carbons (Fsp3) is 0.750. The van der Waals surface area contributed by atoms with Gasteiger partial charge in [-0.3, -0.25) is 0 Å². The maximum absolute atomic E-state index is 6.20. The van der Waals surface area contributed by atoms with Crippen molar-refractivity contribution in [1.29, 1.82) is 0 Å². The number of halogens is 1. The first kappa shape index (κ1) is 14.1. The maximum Gasteiger partial charge on any atom is 0.135 e. The summed E-state index contributed by atoms with van der Waals surface area (Å²) in [5, 5.41) is 0.579. The molecule has 1 aromatic heterocycles. The third-order valence-electron chi connectivity index (χ3n) is 4.75. The molecule has 0 amide bonds. The van der Waals surface area contributed by atoms with E-state index >= 15 is 0 Å². The predicted molar refractivity (Wildman–Crippen MR) is 83.5 cm³/mol. The average molecular weight is 294 g/mol. The van der Waals surface area contributed by atoms with E-state index in [0.717, 1.165) is 24.1 Å². The van der Waals surface area contributed by atoms with Crippen LogP contribution in [0.4, 0.5) is 5.82 Å². The minimum Gasteiger partial charge on any atom is -0.353 e. The highest BCUT2D eigenvalue weighted by Gasteiger charge is 2.34. The van der Waals surface area contributed by atoms with Crippen LogP contribution in [-0.2, 0) is 0 Å². The van der Waals surface area contributed by atoms with E-state index in [1.54, 1.807) is 0 Å². The lowest BCUT2D eigenvalue weighted by molar-refractivity contribution is 0.429. The Morgan fingerprint density at radius 2 is 1.90 bits per heavy atom. The zero-order valence-corrected chi connectivity index (χ0v) is 13.2. The maximum atomic E-state index is 6.20. The molecule has 4 heteroatoms. The molecule has 1 saturated carbocycles. The van der Waals surface area contributed by atoms with Crippen molar-refractivity contribution in [3.8, 4) is 0 Å². The van der Waals surface area contributed by atoms with E-state index in [1.807, 2.05) is 6.07 Å². The van der Waals surface area contributed by atoms with Crippen LogP contribution in [0.5, 0.6) is 0 Å².